The fraction of sp³-hybridized carbons (Fsp3) is 0.125. The van der Waals surface area contributed by atoms with Crippen molar-refractivity contribution in [3.8, 4) is 11.1 Å². The quantitative estimate of drug-likeness (QED) is 0.813. The maximum Gasteiger partial charge on any atom is 0.414 e. The molecule has 1 aliphatic heterocycles. The van der Waals surface area contributed by atoms with Crippen LogP contribution in [0.5, 0.6) is 0 Å². The highest BCUT2D eigenvalue weighted by atomic mass is 19.1. The molecule has 5 heteroatoms. The molecule has 0 spiro atoms. The predicted molar refractivity (Wildman–Crippen MR) is 75.9 cm³/mol. The zero-order valence-electron chi connectivity index (χ0n) is 11.1. The van der Waals surface area contributed by atoms with Crippen molar-refractivity contribution in [2.75, 3.05) is 18.1 Å². The van der Waals surface area contributed by atoms with E-state index in [1.54, 1.807) is 36.4 Å². The highest BCUT2D eigenvalue weighted by molar-refractivity contribution is 5.89. The van der Waals surface area contributed by atoms with Crippen molar-refractivity contribution in [2.45, 2.75) is 0 Å². The Hall–Kier alpha value is -2.69. The van der Waals surface area contributed by atoms with E-state index in [-0.39, 0.29) is 0 Å². The number of anilines is 1. The van der Waals surface area contributed by atoms with E-state index >= 15 is 0 Å². The fourth-order valence-electron chi connectivity index (χ4n) is 2.28. The molecule has 0 aromatic heterocycles. The third kappa shape index (κ3) is 2.50. The molecule has 0 radical (unpaired) electrons. The summed E-state index contributed by atoms with van der Waals surface area (Å²) in [6, 6.07) is 11.2. The van der Waals surface area contributed by atoms with Crippen molar-refractivity contribution in [3.63, 3.8) is 0 Å². The monoisotopic (exact) mass is 285 g/mol. The second kappa shape index (κ2) is 5.36. The second-order valence-corrected chi connectivity index (χ2v) is 4.67. The molecule has 1 heterocycles. The Balaban J connectivity index is 1.93. The number of rotatable bonds is 3. The van der Waals surface area contributed by atoms with Gasteiger partial charge in [0.2, 0.25) is 0 Å². The van der Waals surface area contributed by atoms with Crippen LogP contribution in [-0.4, -0.2) is 25.5 Å². The van der Waals surface area contributed by atoms with E-state index in [0.29, 0.717) is 35.5 Å². The summed E-state index contributed by atoms with van der Waals surface area (Å²) in [6.45, 7) is 0.737. The van der Waals surface area contributed by atoms with Crippen LogP contribution < -0.4 is 4.90 Å². The molecule has 0 unspecified atom stereocenters. The van der Waals surface area contributed by atoms with E-state index in [1.165, 1.54) is 11.0 Å². The first-order chi connectivity index (χ1) is 10.2. The van der Waals surface area contributed by atoms with E-state index in [4.69, 9.17) is 4.74 Å². The SMILES string of the molecule is O=Cc1ccc(-c2ccc(N3CCOC3=O)cc2F)cc1. The van der Waals surface area contributed by atoms with Crippen LogP contribution in [0.15, 0.2) is 42.5 Å². The smallest absolute Gasteiger partial charge is 0.414 e. The Morgan fingerprint density at radius 1 is 1.14 bits per heavy atom. The number of amides is 1. The van der Waals surface area contributed by atoms with Gasteiger partial charge >= 0.3 is 6.09 Å². The lowest BCUT2D eigenvalue weighted by Crippen LogP contribution is -2.23. The van der Waals surface area contributed by atoms with Gasteiger partial charge in [0, 0.05) is 11.1 Å². The standard InChI is InChI=1S/C16H12FNO3/c17-15-9-13(18-7-8-21-16(18)20)5-6-14(15)12-3-1-11(10-19)2-4-12/h1-6,9-10H,7-8H2. The highest BCUT2D eigenvalue weighted by Crippen LogP contribution is 2.28. The first-order valence-electron chi connectivity index (χ1n) is 6.48. The van der Waals surface area contributed by atoms with E-state index < -0.39 is 11.9 Å². The summed E-state index contributed by atoms with van der Waals surface area (Å²) in [5.41, 5.74) is 2.11. The van der Waals surface area contributed by atoms with E-state index in [2.05, 4.69) is 0 Å². The van der Waals surface area contributed by atoms with Crippen molar-refractivity contribution in [3.05, 3.63) is 53.8 Å². The summed E-state index contributed by atoms with van der Waals surface area (Å²) in [5, 5.41) is 0. The molecule has 1 aliphatic rings. The van der Waals surface area contributed by atoms with Gasteiger partial charge in [-0.05, 0) is 23.8 Å². The van der Waals surface area contributed by atoms with Gasteiger partial charge in [-0.1, -0.05) is 24.3 Å². The number of benzene rings is 2. The summed E-state index contributed by atoms with van der Waals surface area (Å²) < 4.78 is 19.1. The highest BCUT2D eigenvalue weighted by Gasteiger charge is 2.24. The van der Waals surface area contributed by atoms with E-state index in [9.17, 15) is 14.0 Å². The van der Waals surface area contributed by atoms with E-state index in [0.717, 1.165) is 6.29 Å². The number of halogens is 1. The molecule has 21 heavy (non-hydrogen) atoms. The van der Waals surface area contributed by atoms with Gasteiger partial charge in [-0.25, -0.2) is 9.18 Å². The van der Waals surface area contributed by atoms with Gasteiger partial charge in [-0.15, -0.1) is 0 Å². The van der Waals surface area contributed by atoms with Gasteiger partial charge in [0.25, 0.3) is 0 Å². The molecule has 0 atom stereocenters. The number of hydrogen-bond acceptors (Lipinski definition) is 3. The summed E-state index contributed by atoms with van der Waals surface area (Å²) in [6.07, 6.45) is 0.278. The topological polar surface area (TPSA) is 46.6 Å². The third-order valence-corrected chi connectivity index (χ3v) is 3.38. The summed E-state index contributed by atoms with van der Waals surface area (Å²) in [5.74, 6) is -0.425. The van der Waals surface area contributed by atoms with Crippen LogP contribution in [0, 0.1) is 5.82 Å². The van der Waals surface area contributed by atoms with Crippen molar-refractivity contribution in [2.24, 2.45) is 0 Å². The van der Waals surface area contributed by atoms with Crippen LogP contribution in [-0.2, 0) is 4.74 Å². The molecule has 1 saturated heterocycles. The molecule has 0 saturated carbocycles. The molecule has 4 nitrogen and oxygen atoms in total. The van der Waals surface area contributed by atoms with Crippen LogP contribution in [0.4, 0.5) is 14.9 Å². The molecule has 1 fully saturated rings. The molecule has 3 rings (SSSR count). The lowest BCUT2D eigenvalue weighted by molar-refractivity contribution is 0.112. The average molecular weight is 285 g/mol. The zero-order chi connectivity index (χ0) is 14.8. The van der Waals surface area contributed by atoms with Gasteiger partial charge in [0.1, 0.15) is 18.7 Å². The van der Waals surface area contributed by atoms with Gasteiger partial charge < -0.3 is 4.74 Å². The molecule has 2 aromatic rings. The molecule has 0 N–H and O–H groups in total. The number of hydrogen-bond donors (Lipinski definition) is 0. The molecule has 0 aliphatic carbocycles. The largest absolute Gasteiger partial charge is 0.447 e. The number of carbonyl (C=O) groups is 2. The third-order valence-electron chi connectivity index (χ3n) is 3.38. The lowest BCUT2D eigenvalue weighted by Gasteiger charge is -2.14. The fourth-order valence-corrected chi connectivity index (χ4v) is 2.28. The van der Waals surface area contributed by atoms with Crippen LogP contribution >= 0.6 is 0 Å². The predicted octanol–water partition coefficient (Wildman–Crippen LogP) is 3.26. The summed E-state index contributed by atoms with van der Waals surface area (Å²) in [7, 11) is 0. The van der Waals surface area contributed by atoms with Crippen molar-refractivity contribution in [1.82, 2.24) is 0 Å². The van der Waals surface area contributed by atoms with Crippen LogP contribution in [0.2, 0.25) is 0 Å². The Bertz CT molecular complexity index is 697. The first kappa shape index (κ1) is 13.3. The molecular weight excluding hydrogens is 273 g/mol. The number of aldehydes is 1. The Morgan fingerprint density at radius 2 is 1.90 bits per heavy atom. The Kier molecular flexibility index (Phi) is 3.39. The van der Waals surface area contributed by atoms with Crippen molar-refractivity contribution < 1.29 is 18.7 Å². The summed E-state index contributed by atoms with van der Waals surface area (Å²) in [4.78, 5) is 23.5. The van der Waals surface area contributed by atoms with Crippen LogP contribution in [0.3, 0.4) is 0 Å². The minimum atomic E-state index is -0.461. The average Bonchev–Trinajstić information content (AvgIpc) is 2.93. The zero-order valence-corrected chi connectivity index (χ0v) is 11.1. The number of cyclic esters (lactones) is 1. The minimum Gasteiger partial charge on any atom is -0.447 e. The molecule has 1 amide bonds. The van der Waals surface area contributed by atoms with Crippen molar-refractivity contribution >= 4 is 18.1 Å². The Labute approximate surface area is 120 Å². The van der Waals surface area contributed by atoms with Gasteiger partial charge in [0.05, 0.1) is 12.2 Å². The lowest BCUT2D eigenvalue weighted by atomic mass is 10.0. The molecule has 2 aromatic carbocycles. The number of carbonyl (C=O) groups excluding carboxylic acids is 2. The normalized spacial score (nSPS) is 14.1. The van der Waals surface area contributed by atoms with Gasteiger partial charge in [0.15, 0.2) is 0 Å². The molecule has 106 valence electrons. The van der Waals surface area contributed by atoms with Gasteiger partial charge in [-0.3, -0.25) is 9.69 Å². The first-order valence-corrected chi connectivity index (χ1v) is 6.48. The maximum atomic E-state index is 14.3. The molecule has 0 bridgehead atoms. The van der Waals surface area contributed by atoms with Crippen LogP contribution in [0.1, 0.15) is 10.4 Å². The number of ether oxygens (including phenoxy) is 1. The van der Waals surface area contributed by atoms with E-state index in [1.807, 2.05) is 0 Å². The number of nitrogens with zero attached hydrogens (tertiary/aromatic N) is 1. The second-order valence-electron chi connectivity index (χ2n) is 4.67. The molecular formula is C16H12FNO3. The van der Waals surface area contributed by atoms with Crippen molar-refractivity contribution in [1.29, 1.82) is 0 Å². The minimum absolute atomic E-state index is 0.315. The Morgan fingerprint density at radius 3 is 2.48 bits per heavy atom. The van der Waals surface area contributed by atoms with Crippen LogP contribution in [0.25, 0.3) is 11.1 Å². The van der Waals surface area contributed by atoms with Gasteiger partial charge in [-0.2, -0.15) is 0 Å². The maximum absolute atomic E-state index is 14.3. The summed E-state index contributed by atoms with van der Waals surface area (Å²) >= 11 is 0.